The van der Waals surface area contributed by atoms with Crippen molar-refractivity contribution in [3.63, 3.8) is 0 Å². The molecule has 0 aliphatic carbocycles. The highest BCUT2D eigenvalue weighted by Crippen LogP contribution is 2.60. The number of rotatable bonds is 2. The van der Waals surface area contributed by atoms with Crippen molar-refractivity contribution in [1.82, 2.24) is 0 Å². The highest BCUT2D eigenvalue weighted by atomic mass is 79.9. The number of phenolic OH excluding ortho intramolecular Hbond substituents is 2. The molecule has 0 fully saturated rings. The maximum Gasteiger partial charge on any atom is 0.300 e. The fourth-order valence-corrected chi connectivity index (χ4v) is 8.54. The van der Waals surface area contributed by atoms with Crippen LogP contribution in [0.15, 0.2) is 59.2 Å². The molecule has 0 atom stereocenters. The minimum absolute atomic E-state index is 0.102. The van der Waals surface area contributed by atoms with Gasteiger partial charge in [0.2, 0.25) is 0 Å². The van der Waals surface area contributed by atoms with Gasteiger partial charge in [0.1, 0.15) is 16.4 Å². The molecule has 0 saturated heterocycles. The molecule has 1 aliphatic rings. The number of fused-ring (bicyclic) bond motifs is 1. The third-order valence-corrected chi connectivity index (χ3v) is 11.5. The molecule has 162 valence electrons. The average molecular weight is 698 g/mol. The second kappa shape index (κ2) is 7.85. The van der Waals surface area contributed by atoms with Gasteiger partial charge in [0.05, 0.1) is 4.47 Å². The minimum Gasteiger partial charge on any atom is -0.508 e. The Labute approximate surface area is 213 Å². The lowest BCUT2D eigenvalue weighted by Gasteiger charge is -2.31. The SMILES string of the molecule is Cc1ccc(C2(c3ccc(C)cc3O)OS(=O)(=O)c3c(Br)c(Br)c(Br)c(Br)c32)c(O)c1. The number of hydrogen-bond donors (Lipinski definition) is 2. The van der Waals surface area contributed by atoms with E-state index in [1.54, 1.807) is 38.1 Å². The monoisotopic (exact) mass is 694 g/mol. The Morgan fingerprint density at radius 1 is 0.774 bits per heavy atom. The summed E-state index contributed by atoms with van der Waals surface area (Å²) in [5.74, 6) is -0.324. The van der Waals surface area contributed by atoms with Gasteiger partial charge in [-0.05, 0) is 101 Å². The molecule has 3 aromatic carbocycles. The smallest absolute Gasteiger partial charge is 0.300 e. The summed E-state index contributed by atoms with van der Waals surface area (Å²) in [5.41, 5.74) is 0.315. The second-order valence-corrected chi connectivity index (χ2v) is 11.9. The van der Waals surface area contributed by atoms with E-state index in [2.05, 4.69) is 63.7 Å². The second-order valence-electron chi connectivity index (χ2n) is 7.22. The summed E-state index contributed by atoms with van der Waals surface area (Å²) in [5, 5.41) is 21.8. The summed E-state index contributed by atoms with van der Waals surface area (Å²) in [6, 6.07) is 9.73. The molecule has 0 bridgehead atoms. The van der Waals surface area contributed by atoms with Crippen LogP contribution in [0.25, 0.3) is 0 Å². The third-order valence-electron chi connectivity index (χ3n) is 5.13. The van der Waals surface area contributed by atoms with E-state index in [9.17, 15) is 18.6 Å². The number of benzene rings is 3. The predicted molar refractivity (Wildman–Crippen MR) is 131 cm³/mol. The maximum absolute atomic E-state index is 13.3. The topological polar surface area (TPSA) is 83.8 Å². The molecule has 10 heteroatoms. The van der Waals surface area contributed by atoms with Crippen LogP contribution in [0.2, 0.25) is 0 Å². The van der Waals surface area contributed by atoms with Crippen LogP contribution in [0, 0.1) is 13.8 Å². The van der Waals surface area contributed by atoms with Crippen molar-refractivity contribution in [3.05, 3.63) is 82.1 Å². The quantitative estimate of drug-likeness (QED) is 0.175. The molecule has 0 spiro atoms. The molecule has 2 N–H and O–H groups in total. The zero-order valence-corrected chi connectivity index (χ0v) is 23.2. The zero-order chi connectivity index (χ0) is 22.9. The number of halogens is 4. The van der Waals surface area contributed by atoms with Crippen LogP contribution in [0.1, 0.15) is 27.8 Å². The molecule has 1 heterocycles. The van der Waals surface area contributed by atoms with Gasteiger partial charge in [-0.3, -0.25) is 0 Å². The van der Waals surface area contributed by atoms with Gasteiger partial charge in [0.15, 0.2) is 5.60 Å². The van der Waals surface area contributed by atoms with E-state index in [4.69, 9.17) is 4.18 Å². The van der Waals surface area contributed by atoms with E-state index in [0.29, 0.717) is 13.4 Å². The van der Waals surface area contributed by atoms with Crippen molar-refractivity contribution in [2.24, 2.45) is 0 Å². The van der Waals surface area contributed by atoms with Gasteiger partial charge in [0, 0.05) is 30.1 Å². The first-order valence-electron chi connectivity index (χ1n) is 8.84. The van der Waals surface area contributed by atoms with Gasteiger partial charge in [-0.25, -0.2) is 4.18 Å². The lowest BCUT2D eigenvalue weighted by Crippen LogP contribution is -2.30. The molecule has 0 unspecified atom stereocenters. The number of hydrogen-bond acceptors (Lipinski definition) is 5. The maximum atomic E-state index is 13.3. The Balaban J connectivity index is 2.28. The molecule has 31 heavy (non-hydrogen) atoms. The lowest BCUT2D eigenvalue weighted by molar-refractivity contribution is 0.171. The van der Waals surface area contributed by atoms with Crippen molar-refractivity contribution < 1.29 is 22.8 Å². The van der Waals surface area contributed by atoms with E-state index in [0.717, 1.165) is 11.1 Å². The van der Waals surface area contributed by atoms with Crippen LogP contribution in [0.4, 0.5) is 0 Å². The molecule has 0 saturated carbocycles. The highest BCUT2D eigenvalue weighted by Gasteiger charge is 2.56. The summed E-state index contributed by atoms with van der Waals surface area (Å²) < 4.78 is 34.2. The Kier molecular flexibility index (Phi) is 5.89. The van der Waals surface area contributed by atoms with Crippen molar-refractivity contribution in [3.8, 4) is 11.5 Å². The number of aromatic hydroxyl groups is 2. The normalized spacial score (nSPS) is 16.3. The van der Waals surface area contributed by atoms with Gasteiger partial charge in [-0.15, -0.1) is 0 Å². The van der Waals surface area contributed by atoms with E-state index >= 15 is 0 Å². The molecule has 3 aromatic rings. The molecule has 0 radical (unpaired) electrons. The summed E-state index contributed by atoms with van der Waals surface area (Å²) in [7, 11) is -4.31. The Morgan fingerprint density at radius 3 is 1.68 bits per heavy atom. The summed E-state index contributed by atoms with van der Waals surface area (Å²) in [6.07, 6.45) is 0. The van der Waals surface area contributed by atoms with Crippen LogP contribution < -0.4 is 0 Å². The summed E-state index contributed by atoms with van der Waals surface area (Å²) in [6.45, 7) is 3.61. The Morgan fingerprint density at radius 2 is 1.23 bits per heavy atom. The fraction of sp³-hybridized carbons (Fsp3) is 0.143. The summed E-state index contributed by atoms with van der Waals surface area (Å²) >= 11 is 13.7. The highest BCUT2D eigenvalue weighted by molar-refractivity contribution is 9.15. The Hall–Kier alpha value is -0.910. The average Bonchev–Trinajstić information content (AvgIpc) is 2.92. The van der Waals surface area contributed by atoms with Gasteiger partial charge >= 0.3 is 0 Å². The van der Waals surface area contributed by atoms with E-state index in [-0.39, 0.29) is 37.6 Å². The standard InChI is InChI=1S/C21H14Br4O5S/c1-9-3-5-11(13(26)7-9)21(12-6-4-10(2)8-14(12)27)15-16(22)17(23)18(24)19(25)20(15)31(28,29)30-21/h3-8,26-27H,1-2H3. The van der Waals surface area contributed by atoms with Crippen LogP contribution in [-0.4, -0.2) is 18.6 Å². The minimum atomic E-state index is -4.31. The van der Waals surface area contributed by atoms with Gasteiger partial charge in [0.25, 0.3) is 10.1 Å². The molecule has 0 aromatic heterocycles. The fourth-order valence-electron chi connectivity index (χ4n) is 3.79. The van der Waals surface area contributed by atoms with E-state index in [1.165, 1.54) is 12.1 Å². The van der Waals surface area contributed by atoms with Crippen LogP contribution >= 0.6 is 63.7 Å². The van der Waals surface area contributed by atoms with Crippen LogP contribution in [0.3, 0.4) is 0 Å². The molecule has 5 nitrogen and oxygen atoms in total. The third kappa shape index (κ3) is 3.41. The van der Waals surface area contributed by atoms with Crippen molar-refractivity contribution in [2.75, 3.05) is 0 Å². The first-order chi connectivity index (χ1) is 14.4. The predicted octanol–water partition coefficient (Wildman–Crippen LogP) is 6.78. The number of aryl methyl sites for hydroxylation is 2. The zero-order valence-electron chi connectivity index (χ0n) is 16.0. The molecule has 0 amide bonds. The van der Waals surface area contributed by atoms with Crippen molar-refractivity contribution >= 4 is 73.8 Å². The molecule has 4 rings (SSSR count). The van der Waals surface area contributed by atoms with Gasteiger partial charge in [-0.2, -0.15) is 8.42 Å². The largest absolute Gasteiger partial charge is 0.508 e. The van der Waals surface area contributed by atoms with E-state index in [1.807, 2.05) is 0 Å². The Bertz CT molecular complexity index is 1320. The van der Waals surface area contributed by atoms with Crippen molar-refractivity contribution in [2.45, 2.75) is 24.3 Å². The van der Waals surface area contributed by atoms with Crippen molar-refractivity contribution in [1.29, 1.82) is 0 Å². The van der Waals surface area contributed by atoms with E-state index < -0.39 is 15.7 Å². The van der Waals surface area contributed by atoms with Crippen LogP contribution in [0.5, 0.6) is 11.5 Å². The van der Waals surface area contributed by atoms with Gasteiger partial charge in [-0.1, -0.05) is 24.3 Å². The summed E-state index contributed by atoms with van der Waals surface area (Å²) in [4.78, 5) is -0.102. The first-order valence-corrected chi connectivity index (χ1v) is 13.4. The van der Waals surface area contributed by atoms with Crippen LogP contribution in [-0.2, 0) is 19.9 Å². The lowest BCUT2D eigenvalue weighted by atomic mass is 9.79. The first kappa shape index (κ1) is 23.3. The molecule has 1 aliphatic heterocycles. The molecular formula is C21H14Br4O5S. The molecular weight excluding hydrogens is 684 g/mol. The number of phenols is 2. The van der Waals surface area contributed by atoms with Gasteiger partial charge < -0.3 is 10.2 Å².